The molecule has 1 spiro atoms. The lowest BCUT2D eigenvalue weighted by Crippen LogP contribution is -2.62. The number of hydrogen-bond acceptors (Lipinski definition) is 5. The molecule has 5 heteroatoms. The van der Waals surface area contributed by atoms with Gasteiger partial charge < -0.3 is 24.8 Å². The van der Waals surface area contributed by atoms with E-state index in [0.29, 0.717) is 23.7 Å². The second-order valence-corrected chi connectivity index (χ2v) is 10.9. The third-order valence-corrected chi connectivity index (χ3v) is 10.2. The van der Waals surface area contributed by atoms with Gasteiger partial charge in [-0.25, -0.2) is 0 Å². The molecule has 3 N–H and O–H groups in total. The fourth-order valence-electron chi connectivity index (χ4n) is 8.83. The van der Waals surface area contributed by atoms with E-state index in [1.807, 2.05) is 6.92 Å². The molecule has 9 atom stereocenters. The Balaban J connectivity index is 1.44. The summed E-state index contributed by atoms with van der Waals surface area (Å²) < 4.78 is 12.1. The molecule has 1 saturated heterocycles. The first-order valence-electron chi connectivity index (χ1n) is 11.6. The normalized spacial score (nSPS) is 53.5. The van der Waals surface area contributed by atoms with Crippen molar-refractivity contribution in [2.75, 3.05) is 19.8 Å². The van der Waals surface area contributed by atoms with Crippen LogP contribution in [0.4, 0.5) is 0 Å². The molecule has 3 unspecified atom stereocenters. The maximum atomic E-state index is 11.4. The number of fused-ring (bicyclic) bond motifs is 5. The Kier molecular flexibility index (Phi) is 4.69. The van der Waals surface area contributed by atoms with Crippen LogP contribution >= 0.6 is 0 Å². The van der Waals surface area contributed by atoms with Crippen LogP contribution in [0.5, 0.6) is 0 Å². The molecule has 0 aromatic carbocycles. The second-order valence-electron chi connectivity index (χ2n) is 10.9. The first-order chi connectivity index (χ1) is 13.4. The molecule has 0 bridgehead atoms. The number of aliphatic hydroxyl groups is 3. The molecular weight excluding hydrogens is 356 g/mol. The summed E-state index contributed by atoms with van der Waals surface area (Å²) in [4.78, 5) is 0. The van der Waals surface area contributed by atoms with Crippen LogP contribution in [-0.2, 0) is 9.47 Å². The van der Waals surface area contributed by atoms with E-state index in [1.165, 1.54) is 12.8 Å². The van der Waals surface area contributed by atoms with E-state index in [9.17, 15) is 15.3 Å². The summed E-state index contributed by atoms with van der Waals surface area (Å²) in [7, 11) is 0. The van der Waals surface area contributed by atoms with Crippen LogP contribution in [0.15, 0.2) is 0 Å². The topological polar surface area (TPSA) is 79.2 Å². The van der Waals surface area contributed by atoms with Gasteiger partial charge in [0.1, 0.15) is 0 Å². The van der Waals surface area contributed by atoms with E-state index < -0.39 is 17.6 Å². The largest absolute Gasteiger partial charge is 0.396 e. The third kappa shape index (κ3) is 2.49. The molecule has 4 aliphatic carbocycles. The zero-order valence-electron chi connectivity index (χ0n) is 17.5. The minimum absolute atomic E-state index is 0.00253. The lowest BCUT2D eigenvalue weighted by atomic mass is 9.43. The second kappa shape index (κ2) is 6.65. The predicted molar refractivity (Wildman–Crippen MR) is 104 cm³/mol. The molecule has 0 amide bonds. The van der Waals surface area contributed by atoms with Crippen molar-refractivity contribution in [3.63, 3.8) is 0 Å². The van der Waals surface area contributed by atoms with Gasteiger partial charge in [0.2, 0.25) is 0 Å². The summed E-state index contributed by atoms with van der Waals surface area (Å²) in [5.41, 5.74) is -0.291. The fraction of sp³-hybridized carbons (Fsp3) is 1.00. The SMILES string of the molecule is CC(O)[C@H]1CC[C@H]2[C@@H]3CCC4CC5(CC[C@]4(C)[C@H]3CC(O)[C@]12CO)OCCO5. The van der Waals surface area contributed by atoms with E-state index in [-0.39, 0.29) is 23.7 Å². The van der Waals surface area contributed by atoms with Crippen LogP contribution in [0, 0.1) is 40.4 Å². The predicted octanol–water partition coefficient (Wildman–Crippen LogP) is 2.71. The van der Waals surface area contributed by atoms with E-state index in [1.54, 1.807) is 0 Å². The number of ether oxygens (including phenoxy) is 2. The van der Waals surface area contributed by atoms with Gasteiger partial charge in [0, 0.05) is 18.3 Å². The summed E-state index contributed by atoms with van der Waals surface area (Å²) in [5.74, 6) is 1.64. The zero-order valence-corrected chi connectivity index (χ0v) is 17.5. The van der Waals surface area contributed by atoms with Crippen molar-refractivity contribution in [1.82, 2.24) is 0 Å². The van der Waals surface area contributed by atoms with Gasteiger partial charge in [0.05, 0.1) is 32.0 Å². The Labute approximate surface area is 168 Å². The van der Waals surface area contributed by atoms with Crippen molar-refractivity contribution in [2.24, 2.45) is 40.4 Å². The van der Waals surface area contributed by atoms with E-state index >= 15 is 0 Å². The lowest BCUT2D eigenvalue weighted by Gasteiger charge is -2.63. The van der Waals surface area contributed by atoms with Crippen LogP contribution in [0.3, 0.4) is 0 Å². The summed E-state index contributed by atoms with van der Waals surface area (Å²) in [6.45, 7) is 5.73. The van der Waals surface area contributed by atoms with Crippen molar-refractivity contribution >= 4 is 0 Å². The zero-order chi connectivity index (χ0) is 19.7. The summed E-state index contributed by atoms with van der Waals surface area (Å²) in [6, 6.07) is 0. The molecule has 0 radical (unpaired) electrons. The number of rotatable bonds is 2. The van der Waals surface area contributed by atoms with Gasteiger partial charge in [-0.3, -0.25) is 0 Å². The molecule has 1 heterocycles. The molecule has 5 rings (SSSR count). The van der Waals surface area contributed by atoms with Crippen LogP contribution in [0.1, 0.15) is 65.2 Å². The third-order valence-electron chi connectivity index (χ3n) is 10.2. The van der Waals surface area contributed by atoms with Crippen molar-refractivity contribution in [3.8, 4) is 0 Å². The maximum absolute atomic E-state index is 11.4. The molecule has 0 aromatic rings. The van der Waals surface area contributed by atoms with Gasteiger partial charge >= 0.3 is 0 Å². The molecule has 1 aliphatic heterocycles. The smallest absolute Gasteiger partial charge is 0.168 e. The van der Waals surface area contributed by atoms with Crippen LogP contribution in [-0.4, -0.2) is 53.1 Å². The Hall–Kier alpha value is -0.200. The average Bonchev–Trinajstić information content (AvgIpc) is 3.29. The van der Waals surface area contributed by atoms with Gasteiger partial charge in [0.25, 0.3) is 0 Å². The molecular formula is C23H38O5. The maximum Gasteiger partial charge on any atom is 0.168 e. The van der Waals surface area contributed by atoms with E-state index in [4.69, 9.17) is 9.47 Å². The van der Waals surface area contributed by atoms with Gasteiger partial charge in [-0.1, -0.05) is 6.92 Å². The number of hydrogen-bond donors (Lipinski definition) is 3. The molecule has 5 aliphatic rings. The molecule has 0 aromatic heterocycles. The van der Waals surface area contributed by atoms with Crippen molar-refractivity contribution in [1.29, 1.82) is 0 Å². The van der Waals surface area contributed by atoms with E-state index in [0.717, 1.165) is 51.7 Å². The summed E-state index contributed by atoms with van der Waals surface area (Å²) in [5, 5.41) is 32.2. The molecule has 160 valence electrons. The Morgan fingerprint density at radius 1 is 1.04 bits per heavy atom. The average molecular weight is 395 g/mol. The highest BCUT2D eigenvalue weighted by Gasteiger charge is 2.66. The molecule has 5 fully saturated rings. The minimum Gasteiger partial charge on any atom is -0.396 e. The van der Waals surface area contributed by atoms with E-state index in [2.05, 4.69) is 6.92 Å². The molecule has 28 heavy (non-hydrogen) atoms. The van der Waals surface area contributed by atoms with Gasteiger partial charge in [-0.15, -0.1) is 0 Å². The standard InChI is InChI=1S/C23H38O5/c1-14(25)17-5-6-18-16-4-3-15-12-22(27-9-10-28-22)8-7-21(15,2)19(16)11-20(26)23(17,18)13-24/h14-20,24-26H,3-13H2,1-2H3/t14?,15?,16-,17+,18-,19-,20?,21-,23+/m0/s1. The van der Waals surface area contributed by atoms with Crippen molar-refractivity contribution in [3.05, 3.63) is 0 Å². The van der Waals surface area contributed by atoms with Crippen molar-refractivity contribution < 1.29 is 24.8 Å². The highest BCUT2D eigenvalue weighted by Crippen LogP contribution is 2.68. The van der Waals surface area contributed by atoms with Crippen LogP contribution in [0.2, 0.25) is 0 Å². The summed E-state index contributed by atoms with van der Waals surface area (Å²) in [6.07, 6.45) is 7.17. The number of aliphatic hydroxyl groups excluding tert-OH is 3. The monoisotopic (exact) mass is 394 g/mol. The fourth-order valence-corrected chi connectivity index (χ4v) is 8.83. The first-order valence-corrected chi connectivity index (χ1v) is 11.6. The molecule has 5 nitrogen and oxygen atoms in total. The lowest BCUT2D eigenvalue weighted by molar-refractivity contribution is -0.242. The Morgan fingerprint density at radius 3 is 2.46 bits per heavy atom. The van der Waals surface area contributed by atoms with Crippen LogP contribution in [0.25, 0.3) is 0 Å². The molecule has 4 saturated carbocycles. The van der Waals surface area contributed by atoms with Gasteiger partial charge in [-0.05, 0) is 80.5 Å². The quantitative estimate of drug-likeness (QED) is 0.671. The first kappa shape index (κ1) is 19.7. The Morgan fingerprint density at radius 2 is 1.79 bits per heavy atom. The highest BCUT2D eigenvalue weighted by atomic mass is 16.7. The summed E-state index contributed by atoms with van der Waals surface area (Å²) >= 11 is 0. The minimum atomic E-state index is -0.517. The van der Waals surface area contributed by atoms with Gasteiger partial charge in [0.15, 0.2) is 5.79 Å². The van der Waals surface area contributed by atoms with Crippen LogP contribution < -0.4 is 0 Å². The van der Waals surface area contributed by atoms with Gasteiger partial charge in [-0.2, -0.15) is 0 Å². The Bertz CT molecular complexity index is 602. The van der Waals surface area contributed by atoms with Crippen molar-refractivity contribution in [2.45, 2.75) is 83.2 Å². The highest BCUT2D eigenvalue weighted by molar-refractivity contribution is 5.14.